The molecular formula is C17H24N2O2. The summed E-state index contributed by atoms with van der Waals surface area (Å²) in [6.07, 6.45) is 3.92. The van der Waals surface area contributed by atoms with Gasteiger partial charge in [-0.1, -0.05) is 51.0 Å². The minimum Gasteiger partial charge on any atom is -0.319 e. The van der Waals surface area contributed by atoms with Crippen molar-refractivity contribution in [3.05, 3.63) is 35.4 Å². The Morgan fingerprint density at radius 3 is 2.33 bits per heavy atom. The van der Waals surface area contributed by atoms with E-state index in [0.717, 1.165) is 31.2 Å². The van der Waals surface area contributed by atoms with Gasteiger partial charge in [-0.2, -0.15) is 0 Å². The number of aryl methyl sites for hydroxylation is 1. The third kappa shape index (κ3) is 2.94. The Morgan fingerprint density at radius 2 is 1.76 bits per heavy atom. The number of unbranched alkanes of at least 4 members (excludes halogenated alkanes) is 1. The second-order valence-electron chi connectivity index (χ2n) is 5.81. The Bertz CT molecular complexity index is 524. The first-order valence-corrected chi connectivity index (χ1v) is 7.76. The van der Waals surface area contributed by atoms with Crippen LogP contribution in [-0.2, 0) is 16.8 Å². The van der Waals surface area contributed by atoms with Crippen molar-refractivity contribution >= 4 is 11.9 Å². The smallest absolute Gasteiger partial charge is 0.319 e. The molecule has 1 aromatic carbocycles. The highest BCUT2D eigenvalue weighted by molar-refractivity contribution is 6.07. The molecule has 3 amide bonds. The van der Waals surface area contributed by atoms with Gasteiger partial charge in [0.05, 0.1) is 0 Å². The molecule has 1 saturated heterocycles. The van der Waals surface area contributed by atoms with Gasteiger partial charge in [0, 0.05) is 6.54 Å². The van der Waals surface area contributed by atoms with Gasteiger partial charge in [0.15, 0.2) is 0 Å². The van der Waals surface area contributed by atoms with E-state index in [1.807, 2.05) is 31.2 Å². The number of amides is 3. The highest BCUT2D eigenvalue weighted by Gasteiger charge is 2.48. The minimum absolute atomic E-state index is 0.149. The number of carbonyl (C=O) groups is 2. The molecule has 1 aliphatic rings. The molecule has 0 aromatic heterocycles. The predicted octanol–water partition coefficient (Wildman–Crippen LogP) is 3.21. The lowest BCUT2D eigenvalue weighted by Gasteiger charge is -2.22. The largest absolute Gasteiger partial charge is 0.325 e. The lowest BCUT2D eigenvalue weighted by atomic mass is 9.91. The van der Waals surface area contributed by atoms with Crippen LogP contribution in [0, 0.1) is 0 Å². The molecule has 0 aliphatic carbocycles. The van der Waals surface area contributed by atoms with Crippen LogP contribution in [0.2, 0.25) is 0 Å². The van der Waals surface area contributed by atoms with Gasteiger partial charge in [-0.05, 0) is 30.9 Å². The van der Waals surface area contributed by atoms with Crippen LogP contribution in [0.25, 0.3) is 0 Å². The maximum absolute atomic E-state index is 12.6. The van der Waals surface area contributed by atoms with E-state index in [1.165, 1.54) is 10.5 Å². The highest BCUT2D eigenvalue weighted by Crippen LogP contribution is 2.29. The van der Waals surface area contributed by atoms with Crippen molar-refractivity contribution in [1.82, 2.24) is 10.2 Å². The summed E-state index contributed by atoms with van der Waals surface area (Å²) in [5.74, 6) is -0.149. The zero-order valence-electron chi connectivity index (χ0n) is 13.1. The molecule has 0 radical (unpaired) electrons. The number of nitrogens with zero attached hydrogens (tertiary/aromatic N) is 1. The van der Waals surface area contributed by atoms with Gasteiger partial charge in [0.2, 0.25) is 0 Å². The Labute approximate surface area is 126 Å². The third-order valence-corrected chi connectivity index (χ3v) is 4.08. The van der Waals surface area contributed by atoms with E-state index in [2.05, 4.69) is 12.2 Å². The topological polar surface area (TPSA) is 49.4 Å². The van der Waals surface area contributed by atoms with Crippen LogP contribution in [0.4, 0.5) is 4.79 Å². The predicted molar refractivity (Wildman–Crippen MR) is 82.9 cm³/mol. The average molecular weight is 288 g/mol. The van der Waals surface area contributed by atoms with E-state index >= 15 is 0 Å². The fourth-order valence-electron chi connectivity index (χ4n) is 2.71. The number of nitrogens with one attached hydrogen (secondary N) is 1. The highest BCUT2D eigenvalue weighted by atomic mass is 16.2. The van der Waals surface area contributed by atoms with E-state index in [0.29, 0.717) is 6.54 Å². The molecule has 0 bridgehead atoms. The monoisotopic (exact) mass is 288 g/mol. The summed E-state index contributed by atoms with van der Waals surface area (Å²) >= 11 is 0. The molecule has 0 saturated carbocycles. The van der Waals surface area contributed by atoms with Crippen LogP contribution in [0.1, 0.15) is 51.2 Å². The van der Waals surface area contributed by atoms with Gasteiger partial charge in [-0.3, -0.25) is 9.69 Å². The van der Waals surface area contributed by atoms with Crippen molar-refractivity contribution in [2.75, 3.05) is 6.54 Å². The lowest BCUT2D eigenvalue weighted by molar-refractivity contribution is -0.131. The second kappa shape index (κ2) is 6.29. The molecule has 0 spiro atoms. The number of hydrogen-bond acceptors (Lipinski definition) is 2. The second-order valence-corrected chi connectivity index (χ2v) is 5.81. The summed E-state index contributed by atoms with van der Waals surface area (Å²) in [5, 5.41) is 2.84. The van der Waals surface area contributed by atoms with E-state index in [9.17, 15) is 9.59 Å². The van der Waals surface area contributed by atoms with Crippen molar-refractivity contribution in [1.29, 1.82) is 0 Å². The molecule has 114 valence electrons. The van der Waals surface area contributed by atoms with Crippen molar-refractivity contribution in [3.63, 3.8) is 0 Å². The first-order chi connectivity index (χ1) is 10.0. The Hall–Kier alpha value is -1.84. The SMILES string of the molecule is CCCCN1C(=O)NC(C)(c2ccc(CCC)cc2)C1=O. The maximum Gasteiger partial charge on any atom is 0.325 e. The Morgan fingerprint density at radius 1 is 1.10 bits per heavy atom. The summed E-state index contributed by atoms with van der Waals surface area (Å²) in [4.78, 5) is 26.0. The van der Waals surface area contributed by atoms with E-state index in [1.54, 1.807) is 6.92 Å². The molecule has 1 N–H and O–H groups in total. The fourth-order valence-corrected chi connectivity index (χ4v) is 2.71. The summed E-state index contributed by atoms with van der Waals surface area (Å²) in [7, 11) is 0. The van der Waals surface area contributed by atoms with E-state index < -0.39 is 5.54 Å². The molecule has 1 atom stereocenters. The summed E-state index contributed by atoms with van der Waals surface area (Å²) < 4.78 is 0. The molecule has 4 heteroatoms. The van der Waals surface area contributed by atoms with Gasteiger partial charge in [0.1, 0.15) is 5.54 Å². The van der Waals surface area contributed by atoms with Crippen LogP contribution < -0.4 is 5.32 Å². The van der Waals surface area contributed by atoms with Crippen LogP contribution in [0.3, 0.4) is 0 Å². The number of carbonyl (C=O) groups excluding carboxylic acids is 2. The summed E-state index contributed by atoms with van der Waals surface area (Å²) in [6.45, 7) is 6.46. The molecule has 1 aliphatic heterocycles. The quantitative estimate of drug-likeness (QED) is 0.817. The van der Waals surface area contributed by atoms with Crippen LogP contribution >= 0.6 is 0 Å². The molecule has 1 unspecified atom stereocenters. The normalized spacial score (nSPS) is 21.8. The standard InChI is InChI=1S/C17H24N2O2/c1-4-6-12-19-15(20)17(3,18-16(19)21)14-10-8-13(7-5-2)9-11-14/h8-11H,4-7,12H2,1-3H3,(H,18,21). The van der Waals surface area contributed by atoms with Gasteiger partial charge >= 0.3 is 6.03 Å². The molecule has 4 nitrogen and oxygen atoms in total. The Kier molecular flexibility index (Phi) is 4.66. The first-order valence-electron chi connectivity index (χ1n) is 7.76. The summed E-state index contributed by atoms with van der Waals surface area (Å²) in [6, 6.07) is 7.70. The van der Waals surface area contributed by atoms with Crippen LogP contribution in [-0.4, -0.2) is 23.4 Å². The molecular weight excluding hydrogens is 264 g/mol. The summed E-state index contributed by atoms with van der Waals surface area (Å²) in [5.41, 5.74) is 1.17. The molecule has 1 fully saturated rings. The number of benzene rings is 1. The maximum atomic E-state index is 12.6. The van der Waals surface area contributed by atoms with Gasteiger partial charge in [0.25, 0.3) is 5.91 Å². The molecule has 1 aromatic rings. The van der Waals surface area contributed by atoms with Crippen molar-refractivity contribution in [2.45, 2.75) is 52.0 Å². The fraction of sp³-hybridized carbons (Fsp3) is 0.529. The molecule has 2 rings (SSSR count). The van der Waals surface area contributed by atoms with Crippen molar-refractivity contribution < 1.29 is 9.59 Å². The number of urea groups is 1. The zero-order valence-corrected chi connectivity index (χ0v) is 13.1. The minimum atomic E-state index is -0.935. The molecule has 1 heterocycles. The third-order valence-electron chi connectivity index (χ3n) is 4.08. The van der Waals surface area contributed by atoms with E-state index in [4.69, 9.17) is 0 Å². The van der Waals surface area contributed by atoms with Crippen molar-refractivity contribution in [2.24, 2.45) is 0 Å². The van der Waals surface area contributed by atoms with E-state index in [-0.39, 0.29) is 11.9 Å². The van der Waals surface area contributed by atoms with Gasteiger partial charge < -0.3 is 5.32 Å². The number of imide groups is 1. The zero-order chi connectivity index (χ0) is 15.5. The number of hydrogen-bond donors (Lipinski definition) is 1. The average Bonchev–Trinajstić information content (AvgIpc) is 2.69. The Balaban J connectivity index is 2.21. The van der Waals surface area contributed by atoms with Gasteiger partial charge in [-0.25, -0.2) is 4.79 Å². The first kappa shape index (κ1) is 15.5. The molecule has 21 heavy (non-hydrogen) atoms. The van der Waals surface area contributed by atoms with Crippen molar-refractivity contribution in [3.8, 4) is 0 Å². The number of rotatable bonds is 6. The van der Waals surface area contributed by atoms with Crippen LogP contribution in [0.5, 0.6) is 0 Å². The lowest BCUT2D eigenvalue weighted by Crippen LogP contribution is -2.41. The van der Waals surface area contributed by atoms with Crippen LogP contribution in [0.15, 0.2) is 24.3 Å². The van der Waals surface area contributed by atoms with Gasteiger partial charge in [-0.15, -0.1) is 0 Å².